The monoisotopic (exact) mass is 250 g/mol. The average Bonchev–Trinajstić information content (AvgIpc) is 2.32. The van der Waals surface area contributed by atoms with Gasteiger partial charge in [-0.3, -0.25) is 9.59 Å². The SMILES string of the molecule is CC1(C)C(=O)NCC(=O)N1Cc1ccccc1F. The number of amides is 2. The summed E-state index contributed by atoms with van der Waals surface area (Å²) in [6.07, 6.45) is 0. The molecule has 5 heteroatoms. The summed E-state index contributed by atoms with van der Waals surface area (Å²) in [4.78, 5) is 25.0. The average molecular weight is 250 g/mol. The lowest BCUT2D eigenvalue weighted by Gasteiger charge is -2.41. The van der Waals surface area contributed by atoms with Gasteiger partial charge in [0, 0.05) is 12.1 Å². The molecule has 0 spiro atoms. The van der Waals surface area contributed by atoms with Gasteiger partial charge in [0.1, 0.15) is 11.4 Å². The van der Waals surface area contributed by atoms with E-state index in [9.17, 15) is 14.0 Å². The Morgan fingerprint density at radius 3 is 2.67 bits per heavy atom. The van der Waals surface area contributed by atoms with Gasteiger partial charge in [-0.15, -0.1) is 0 Å². The fraction of sp³-hybridized carbons (Fsp3) is 0.385. The number of hydrogen-bond acceptors (Lipinski definition) is 2. The number of nitrogens with one attached hydrogen (secondary N) is 1. The number of halogens is 1. The first-order valence-electron chi connectivity index (χ1n) is 5.75. The van der Waals surface area contributed by atoms with Gasteiger partial charge < -0.3 is 10.2 Å². The topological polar surface area (TPSA) is 49.4 Å². The molecular formula is C13H15FN2O2. The maximum Gasteiger partial charge on any atom is 0.245 e. The zero-order valence-corrected chi connectivity index (χ0v) is 10.4. The van der Waals surface area contributed by atoms with E-state index >= 15 is 0 Å². The fourth-order valence-electron chi connectivity index (χ4n) is 1.98. The van der Waals surface area contributed by atoms with Gasteiger partial charge in [0.2, 0.25) is 11.8 Å². The normalized spacial score (nSPS) is 18.7. The van der Waals surface area contributed by atoms with E-state index in [0.717, 1.165) is 0 Å². The Hall–Kier alpha value is -1.91. The van der Waals surface area contributed by atoms with Crippen LogP contribution in [-0.4, -0.2) is 28.8 Å². The summed E-state index contributed by atoms with van der Waals surface area (Å²) in [5.41, 5.74) is -0.550. The van der Waals surface area contributed by atoms with Gasteiger partial charge in [-0.05, 0) is 19.9 Å². The molecule has 1 aliphatic rings. The van der Waals surface area contributed by atoms with E-state index in [1.165, 1.54) is 11.0 Å². The number of hydrogen-bond donors (Lipinski definition) is 1. The van der Waals surface area contributed by atoms with E-state index in [2.05, 4.69) is 5.32 Å². The number of nitrogens with zero attached hydrogens (tertiary/aromatic N) is 1. The van der Waals surface area contributed by atoms with Crippen molar-refractivity contribution in [3.05, 3.63) is 35.6 Å². The smallest absolute Gasteiger partial charge is 0.245 e. The standard InChI is InChI=1S/C13H15FN2O2/c1-13(2)12(18)15-7-11(17)16(13)8-9-5-3-4-6-10(9)14/h3-6H,7-8H2,1-2H3,(H,15,18). The van der Waals surface area contributed by atoms with E-state index in [4.69, 9.17) is 0 Å². The van der Waals surface area contributed by atoms with Gasteiger partial charge in [-0.25, -0.2) is 4.39 Å². The van der Waals surface area contributed by atoms with Crippen molar-refractivity contribution in [2.75, 3.05) is 6.54 Å². The third-order valence-electron chi connectivity index (χ3n) is 3.22. The van der Waals surface area contributed by atoms with Crippen LogP contribution in [0.15, 0.2) is 24.3 Å². The van der Waals surface area contributed by atoms with Crippen LogP contribution in [0.5, 0.6) is 0 Å². The highest BCUT2D eigenvalue weighted by Crippen LogP contribution is 2.22. The molecule has 96 valence electrons. The second-order valence-electron chi connectivity index (χ2n) is 4.81. The summed E-state index contributed by atoms with van der Waals surface area (Å²) in [6.45, 7) is 3.38. The molecule has 1 aromatic rings. The lowest BCUT2D eigenvalue weighted by molar-refractivity contribution is -0.152. The molecule has 0 bridgehead atoms. The minimum Gasteiger partial charge on any atom is -0.345 e. The van der Waals surface area contributed by atoms with Crippen molar-refractivity contribution in [3.8, 4) is 0 Å². The summed E-state index contributed by atoms with van der Waals surface area (Å²) in [6, 6.07) is 6.26. The van der Waals surface area contributed by atoms with Gasteiger partial charge in [-0.1, -0.05) is 18.2 Å². The first-order chi connectivity index (χ1) is 8.43. The van der Waals surface area contributed by atoms with E-state index in [1.54, 1.807) is 32.0 Å². The largest absolute Gasteiger partial charge is 0.345 e. The molecule has 0 saturated carbocycles. The zero-order chi connectivity index (χ0) is 13.3. The predicted octanol–water partition coefficient (Wildman–Crippen LogP) is 1.06. The molecule has 18 heavy (non-hydrogen) atoms. The van der Waals surface area contributed by atoms with Crippen LogP contribution in [-0.2, 0) is 16.1 Å². The van der Waals surface area contributed by atoms with E-state index in [-0.39, 0.29) is 30.7 Å². The van der Waals surface area contributed by atoms with E-state index in [1.807, 2.05) is 0 Å². The van der Waals surface area contributed by atoms with Crippen molar-refractivity contribution in [1.29, 1.82) is 0 Å². The van der Waals surface area contributed by atoms with Crippen LogP contribution in [0.1, 0.15) is 19.4 Å². The lowest BCUT2D eigenvalue weighted by atomic mass is 9.97. The highest BCUT2D eigenvalue weighted by atomic mass is 19.1. The molecule has 0 radical (unpaired) electrons. The third kappa shape index (κ3) is 2.08. The first-order valence-corrected chi connectivity index (χ1v) is 5.75. The van der Waals surface area contributed by atoms with Gasteiger partial charge in [0.05, 0.1) is 6.54 Å². The Bertz CT molecular complexity index is 500. The number of piperazine rings is 1. The lowest BCUT2D eigenvalue weighted by Crippen LogP contribution is -2.63. The van der Waals surface area contributed by atoms with Gasteiger partial charge >= 0.3 is 0 Å². The second-order valence-corrected chi connectivity index (χ2v) is 4.81. The molecule has 0 aromatic heterocycles. The Kier molecular flexibility index (Phi) is 3.07. The summed E-state index contributed by atoms with van der Waals surface area (Å²) in [5, 5.41) is 2.53. The molecule has 1 fully saturated rings. The van der Waals surface area contributed by atoms with Gasteiger partial charge in [0.25, 0.3) is 0 Å². The molecule has 1 aromatic carbocycles. The molecule has 0 aliphatic carbocycles. The molecule has 1 N–H and O–H groups in total. The molecule has 1 aliphatic heterocycles. The van der Waals surface area contributed by atoms with Gasteiger partial charge in [-0.2, -0.15) is 0 Å². The summed E-state index contributed by atoms with van der Waals surface area (Å²) >= 11 is 0. The van der Waals surface area contributed by atoms with Crippen LogP contribution in [0.4, 0.5) is 4.39 Å². The van der Waals surface area contributed by atoms with Crippen LogP contribution >= 0.6 is 0 Å². The van der Waals surface area contributed by atoms with Crippen molar-refractivity contribution < 1.29 is 14.0 Å². The van der Waals surface area contributed by atoms with Crippen molar-refractivity contribution in [1.82, 2.24) is 10.2 Å². The molecule has 2 rings (SSSR count). The zero-order valence-electron chi connectivity index (χ0n) is 10.4. The van der Waals surface area contributed by atoms with Crippen molar-refractivity contribution in [3.63, 3.8) is 0 Å². The molecule has 0 unspecified atom stereocenters. The fourth-order valence-corrected chi connectivity index (χ4v) is 1.98. The maximum atomic E-state index is 13.6. The number of rotatable bonds is 2. The van der Waals surface area contributed by atoms with Crippen LogP contribution < -0.4 is 5.32 Å². The highest BCUT2D eigenvalue weighted by Gasteiger charge is 2.41. The molecule has 1 saturated heterocycles. The molecule has 2 amide bonds. The minimum absolute atomic E-state index is 0.0310. The minimum atomic E-state index is -0.961. The molecule has 0 atom stereocenters. The second kappa shape index (κ2) is 4.40. The maximum absolute atomic E-state index is 13.6. The summed E-state index contributed by atoms with van der Waals surface area (Å²) in [5.74, 6) is -0.798. The van der Waals surface area contributed by atoms with Crippen LogP contribution in [0.25, 0.3) is 0 Å². The van der Waals surface area contributed by atoms with E-state index in [0.29, 0.717) is 5.56 Å². The van der Waals surface area contributed by atoms with Crippen molar-refractivity contribution >= 4 is 11.8 Å². The Morgan fingerprint density at radius 2 is 2.00 bits per heavy atom. The highest BCUT2D eigenvalue weighted by molar-refractivity contribution is 5.97. The van der Waals surface area contributed by atoms with Crippen molar-refractivity contribution in [2.24, 2.45) is 0 Å². The Labute approximate surface area is 105 Å². The molecular weight excluding hydrogens is 235 g/mol. The molecule has 4 nitrogen and oxygen atoms in total. The number of carbonyl (C=O) groups is 2. The van der Waals surface area contributed by atoms with Crippen LogP contribution in [0, 0.1) is 5.82 Å². The van der Waals surface area contributed by atoms with Crippen LogP contribution in [0.2, 0.25) is 0 Å². The van der Waals surface area contributed by atoms with Gasteiger partial charge in [0.15, 0.2) is 0 Å². The summed E-state index contributed by atoms with van der Waals surface area (Å²) < 4.78 is 13.6. The molecule has 1 heterocycles. The van der Waals surface area contributed by atoms with Crippen LogP contribution in [0.3, 0.4) is 0 Å². The van der Waals surface area contributed by atoms with Crippen molar-refractivity contribution in [2.45, 2.75) is 25.9 Å². The van der Waals surface area contributed by atoms with E-state index < -0.39 is 5.54 Å². The summed E-state index contributed by atoms with van der Waals surface area (Å²) in [7, 11) is 0. The first kappa shape index (κ1) is 12.5. The number of carbonyl (C=O) groups excluding carboxylic acids is 2. The predicted molar refractivity (Wildman–Crippen MR) is 64.0 cm³/mol. The Morgan fingerprint density at radius 1 is 1.33 bits per heavy atom. The quantitative estimate of drug-likeness (QED) is 0.853. The Balaban J connectivity index is 2.29. The number of benzene rings is 1. The third-order valence-corrected chi connectivity index (χ3v) is 3.22.